The Morgan fingerprint density at radius 3 is 2.89 bits per heavy atom. The molecule has 0 radical (unpaired) electrons. The van der Waals surface area contributed by atoms with Crippen LogP contribution in [0.2, 0.25) is 0 Å². The number of ether oxygens (including phenoxy) is 1. The molecule has 1 aromatic carbocycles. The average Bonchev–Trinajstić information content (AvgIpc) is 3.19. The molecule has 0 aromatic heterocycles. The third-order valence-corrected chi connectivity index (χ3v) is 6.06. The van der Waals surface area contributed by atoms with E-state index in [-0.39, 0.29) is 5.82 Å². The van der Waals surface area contributed by atoms with Crippen LogP contribution in [0.25, 0.3) is 0 Å². The molecule has 2 aliphatic heterocycles. The van der Waals surface area contributed by atoms with Gasteiger partial charge in [0.1, 0.15) is 5.82 Å². The predicted octanol–water partition coefficient (Wildman–Crippen LogP) is 2.43. The largest absolute Gasteiger partial charge is 0.379 e. The van der Waals surface area contributed by atoms with Crippen molar-refractivity contribution >= 4 is 17.7 Å². The zero-order valence-corrected chi connectivity index (χ0v) is 17.0. The van der Waals surface area contributed by atoms with Crippen LogP contribution in [0.1, 0.15) is 18.9 Å². The maximum absolute atomic E-state index is 13.7. The Hall–Kier alpha value is -1.31. The van der Waals surface area contributed by atoms with E-state index in [1.807, 2.05) is 12.1 Å². The molecule has 150 valence electrons. The van der Waals surface area contributed by atoms with Gasteiger partial charge in [0.15, 0.2) is 5.96 Å². The predicted molar refractivity (Wildman–Crippen MR) is 111 cm³/mol. The summed E-state index contributed by atoms with van der Waals surface area (Å²) in [6.07, 6.45) is 1.19. The first kappa shape index (κ1) is 20.4. The molecule has 1 aromatic rings. The van der Waals surface area contributed by atoms with Gasteiger partial charge in [-0.05, 0) is 25.0 Å². The van der Waals surface area contributed by atoms with Crippen LogP contribution in [0, 0.1) is 5.82 Å². The van der Waals surface area contributed by atoms with Crippen molar-refractivity contribution in [3.63, 3.8) is 0 Å². The van der Waals surface area contributed by atoms with Gasteiger partial charge in [-0.25, -0.2) is 4.39 Å². The molecule has 0 spiro atoms. The molecule has 2 aliphatic rings. The number of rotatable bonds is 7. The molecule has 2 heterocycles. The number of hydrogen-bond acceptors (Lipinski definition) is 4. The van der Waals surface area contributed by atoms with Gasteiger partial charge in [-0.2, -0.15) is 11.8 Å². The van der Waals surface area contributed by atoms with E-state index >= 15 is 0 Å². The molecule has 2 fully saturated rings. The first-order valence-corrected chi connectivity index (χ1v) is 11.1. The van der Waals surface area contributed by atoms with Crippen molar-refractivity contribution in [2.75, 3.05) is 58.2 Å². The molecule has 0 bridgehead atoms. The van der Waals surface area contributed by atoms with Crippen LogP contribution in [0.3, 0.4) is 0 Å². The molecule has 0 aliphatic carbocycles. The number of halogens is 1. The Kier molecular flexibility index (Phi) is 8.23. The van der Waals surface area contributed by atoms with Gasteiger partial charge in [0.05, 0.1) is 19.8 Å². The summed E-state index contributed by atoms with van der Waals surface area (Å²) < 4.78 is 19.1. The second kappa shape index (κ2) is 10.9. The summed E-state index contributed by atoms with van der Waals surface area (Å²) in [6, 6.07) is 7.60. The first-order chi connectivity index (χ1) is 13.3. The van der Waals surface area contributed by atoms with Crippen LogP contribution in [-0.4, -0.2) is 80.0 Å². The maximum Gasteiger partial charge on any atom is 0.193 e. The van der Waals surface area contributed by atoms with Crippen molar-refractivity contribution in [2.45, 2.75) is 25.1 Å². The highest BCUT2D eigenvalue weighted by Gasteiger charge is 2.30. The number of morpholine rings is 1. The third kappa shape index (κ3) is 6.09. The van der Waals surface area contributed by atoms with Crippen molar-refractivity contribution in [2.24, 2.45) is 4.99 Å². The van der Waals surface area contributed by atoms with Crippen molar-refractivity contribution in [1.29, 1.82) is 0 Å². The molecule has 7 heteroatoms. The minimum absolute atomic E-state index is 0.118. The highest BCUT2D eigenvalue weighted by Crippen LogP contribution is 2.18. The van der Waals surface area contributed by atoms with Crippen LogP contribution < -0.4 is 5.32 Å². The molecule has 1 atom stereocenters. The fourth-order valence-corrected chi connectivity index (χ4v) is 4.43. The summed E-state index contributed by atoms with van der Waals surface area (Å²) in [5.41, 5.74) is 0.770. The van der Waals surface area contributed by atoms with Crippen molar-refractivity contribution < 1.29 is 9.13 Å². The molecule has 1 unspecified atom stereocenters. The Bertz CT molecular complexity index is 609. The van der Waals surface area contributed by atoms with E-state index < -0.39 is 0 Å². The SMILES string of the molecule is CCNC(=NCCSCc1ccccc1F)N1CCC(N2CCOCC2)C1. The van der Waals surface area contributed by atoms with E-state index in [4.69, 9.17) is 9.73 Å². The van der Waals surface area contributed by atoms with Gasteiger partial charge in [0.25, 0.3) is 0 Å². The van der Waals surface area contributed by atoms with E-state index in [1.54, 1.807) is 17.8 Å². The lowest BCUT2D eigenvalue weighted by molar-refractivity contribution is 0.0195. The number of thioether (sulfide) groups is 1. The van der Waals surface area contributed by atoms with E-state index in [2.05, 4.69) is 22.0 Å². The Morgan fingerprint density at radius 2 is 2.11 bits per heavy atom. The fraction of sp³-hybridized carbons (Fsp3) is 0.650. The van der Waals surface area contributed by atoms with Crippen LogP contribution in [0.4, 0.5) is 4.39 Å². The zero-order chi connectivity index (χ0) is 18.9. The molecule has 5 nitrogen and oxygen atoms in total. The molecule has 2 saturated heterocycles. The van der Waals surface area contributed by atoms with E-state index in [1.165, 1.54) is 12.5 Å². The van der Waals surface area contributed by atoms with Gasteiger partial charge >= 0.3 is 0 Å². The molecular weight excluding hydrogens is 363 g/mol. The van der Waals surface area contributed by atoms with Gasteiger partial charge in [0.2, 0.25) is 0 Å². The lowest BCUT2D eigenvalue weighted by atomic mass is 10.2. The maximum atomic E-state index is 13.7. The number of aliphatic imine (C=N–C) groups is 1. The molecule has 27 heavy (non-hydrogen) atoms. The fourth-order valence-electron chi connectivity index (χ4n) is 3.61. The number of guanidine groups is 1. The molecule has 3 rings (SSSR count). The summed E-state index contributed by atoms with van der Waals surface area (Å²) in [4.78, 5) is 9.74. The quantitative estimate of drug-likeness (QED) is 0.437. The smallest absolute Gasteiger partial charge is 0.193 e. The second-order valence-corrected chi connectivity index (χ2v) is 8.02. The van der Waals surface area contributed by atoms with E-state index in [9.17, 15) is 4.39 Å². The van der Waals surface area contributed by atoms with Crippen LogP contribution in [-0.2, 0) is 10.5 Å². The standard InChI is InChI=1S/C20H31FN4OS/c1-2-22-20(23-8-14-27-16-17-5-3-4-6-19(17)21)25-9-7-18(15-25)24-10-12-26-13-11-24/h3-6,18H,2,7-16H2,1H3,(H,22,23). The molecule has 1 N–H and O–H groups in total. The summed E-state index contributed by atoms with van der Waals surface area (Å²) in [7, 11) is 0. The second-order valence-electron chi connectivity index (χ2n) is 6.92. The minimum Gasteiger partial charge on any atom is -0.379 e. The van der Waals surface area contributed by atoms with Gasteiger partial charge in [-0.1, -0.05) is 18.2 Å². The van der Waals surface area contributed by atoms with Crippen molar-refractivity contribution in [3.05, 3.63) is 35.6 Å². The summed E-state index contributed by atoms with van der Waals surface area (Å²) >= 11 is 1.73. The lowest BCUT2D eigenvalue weighted by Crippen LogP contribution is -2.46. The van der Waals surface area contributed by atoms with Crippen LogP contribution in [0.15, 0.2) is 29.3 Å². The van der Waals surface area contributed by atoms with Gasteiger partial charge in [0, 0.05) is 50.3 Å². The summed E-state index contributed by atoms with van der Waals surface area (Å²) in [5, 5.41) is 3.43. The average molecular weight is 395 g/mol. The lowest BCUT2D eigenvalue weighted by Gasteiger charge is -2.32. The van der Waals surface area contributed by atoms with Gasteiger partial charge < -0.3 is 15.0 Å². The van der Waals surface area contributed by atoms with Crippen molar-refractivity contribution in [1.82, 2.24) is 15.1 Å². The summed E-state index contributed by atoms with van der Waals surface area (Å²) in [6.45, 7) is 9.61. The Balaban J connectivity index is 1.44. The number of benzene rings is 1. The molecule has 0 amide bonds. The Morgan fingerprint density at radius 1 is 1.30 bits per heavy atom. The van der Waals surface area contributed by atoms with Crippen molar-refractivity contribution in [3.8, 4) is 0 Å². The summed E-state index contributed by atoms with van der Waals surface area (Å²) in [5.74, 6) is 2.48. The minimum atomic E-state index is -0.118. The first-order valence-electron chi connectivity index (χ1n) is 9.94. The van der Waals surface area contributed by atoms with E-state index in [0.29, 0.717) is 11.8 Å². The van der Waals surface area contributed by atoms with Crippen LogP contribution >= 0.6 is 11.8 Å². The van der Waals surface area contributed by atoms with E-state index in [0.717, 1.165) is 69.8 Å². The number of hydrogen-bond donors (Lipinski definition) is 1. The highest BCUT2D eigenvalue weighted by molar-refractivity contribution is 7.98. The number of nitrogens with zero attached hydrogens (tertiary/aromatic N) is 3. The highest BCUT2D eigenvalue weighted by atomic mass is 32.2. The Labute approximate surface area is 166 Å². The molecule has 0 saturated carbocycles. The zero-order valence-electron chi connectivity index (χ0n) is 16.2. The molecular formula is C20H31FN4OS. The number of likely N-dealkylation sites (tertiary alicyclic amines) is 1. The number of nitrogens with one attached hydrogen (secondary N) is 1. The topological polar surface area (TPSA) is 40.1 Å². The monoisotopic (exact) mass is 394 g/mol. The van der Waals surface area contributed by atoms with Gasteiger partial charge in [-0.3, -0.25) is 9.89 Å². The van der Waals surface area contributed by atoms with Crippen LogP contribution in [0.5, 0.6) is 0 Å². The third-order valence-electron chi connectivity index (χ3n) is 5.07. The van der Waals surface area contributed by atoms with Gasteiger partial charge in [-0.15, -0.1) is 0 Å². The normalized spacial score (nSPS) is 21.6.